The lowest BCUT2D eigenvalue weighted by Crippen LogP contribution is -2.70. The van der Waals surface area contributed by atoms with Crippen molar-refractivity contribution in [1.29, 1.82) is 0 Å². The molecule has 2 bridgehead atoms. The number of ether oxygens (including phenoxy) is 1. The second kappa shape index (κ2) is 4.39. The first kappa shape index (κ1) is 15.2. The van der Waals surface area contributed by atoms with Gasteiger partial charge in [-0.25, -0.2) is 0 Å². The van der Waals surface area contributed by atoms with Gasteiger partial charge >= 0.3 is 17.9 Å². The van der Waals surface area contributed by atoms with Crippen LogP contribution in [0.15, 0.2) is 12.2 Å². The number of aliphatic hydroxyl groups is 2. The van der Waals surface area contributed by atoms with E-state index in [0.717, 1.165) is 6.42 Å². The van der Waals surface area contributed by atoms with Gasteiger partial charge in [-0.1, -0.05) is 12.2 Å². The van der Waals surface area contributed by atoms with E-state index in [0.29, 0.717) is 6.42 Å². The fourth-order valence-corrected chi connectivity index (χ4v) is 3.82. The maximum Gasteiger partial charge on any atom is 0.449 e. The minimum Gasteiger partial charge on any atom is -0.386 e. The zero-order valence-corrected chi connectivity index (χ0v) is 10.9. The van der Waals surface area contributed by atoms with Gasteiger partial charge in [0.25, 0.3) is 0 Å². The third-order valence-electron chi connectivity index (χ3n) is 4.98. The Bertz CT molecular complexity index is 463. The summed E-state index contributed by atoms with van der Waals surface area (Å²) in [5.74, 6) is -10.7. The van der Waals surface area contributed by atoms with Crippen LogP contribution in [0.4, 0.5) is 22.0 Å². The predicted octanol–water partition coefficient (Wildman–Crippen LogP) is 2.09. The van der Waals surface area contributed by atoms with Crippen LogP contribution in [0.5, 0.6) is 0 Å². The molecule has 6 unspecified atom stereocenters. The van der Waals surface area contributed by atoms with Gasteiger partial charge in [-0.05, 0) is 30.6 Å². The molecule has 1 saturated heterocycles. The summed E-state index contributed by atoms with van der Waals surface area (Å²) in [4.78, 5) is 0. The number of fused-ring (bicyclic) bond motifs is 2. The Hall–Kier alpha value is -0.730. The molecule has 1 aliphatic heterocycles. The molecule has 3 nitrogen and oxygen atoms in total. The Labute approximate surface area is 117 Å². The molecule has 0 spiro atoms. The van der Waals surface area contributed by atoms with E-state index in [1.807, 2.05) is 12.2 Å². The number of aliphatic hydroxyl groups excluding tert-OH is 1. The molecule has 120 valence electrons. The van der Waals surface area contributed by atoms with Gasteiger partial charge in [-0.2, -0.15) is 22.0 Å². The van der Waals surface area contributed by atoms with E-state index in [4.69, 9.17) is 0 Å². The monoisotopic (exact) mass is 314 g/mol. The summed E-state index contributed by atoms with van der Waals surface area (Å²) in [5.41, 5.74) is 0. The van der Waals surface area contributed by atoms with Crippen molar-refractivity contribution in [2.75, 3.05) is 6.61 Å². The van der Waals surface area contributed by atoms with Crippen LogP contribution in [0.25, 0.3) is 0 Å². The van der Waals surface area contributed by atoms with E-state index in [1.165, 1.54) is 0 Å². The lowest BCUT2D eigenvalue weighted by molar-refractivity contribution is -0.465. The third kappa shape index (κ3) is 1.95. The standard InChI is InChI=1S/C13H15F5O3/c14-11(15)10(19)9(5-21-12(11,20)13(16,17)18)8-4-6-1-2-7(8)3-6/h1-2,6-10,19-20H,3-5H2. The molecule has 0 radical (unpaired) electrons. The largest absolute Gasteiger partial charge is 0.449 e. The maximum atomic E-state index is 13.9. The molecule has 0 amide bonds. The zero-order valence-electron chi connectivity index (χ0n) is 10.9. The summed E-state index contributed by atoms with van der Waals surface area (Å²) in [6, 6.07) is 0. The highest BCUT2D eigenvalue weighted by Crippen LogP contribution is 2.54. The van der Waals surface area contributed by atoms with Gasteiger partial charge < -0.3 is 14.9 Å². The van der Waals surface area contributed by atoms with E-state index in [2.05, 4.69) is 4.74 Å². The maximum absolute atomic E-state index is 13.9. The van der Waals surface area contributed by atoms with E-state index in [1.54, 1.807) is 0 Å². The van der Waals surface area contributed by atoms with Crippen LogP contribution < -0.4 is 0 Å². The SMILES string of the molecule is OC1C(C2CC3C=CC2C3)COC(O)(C(F)(F)F)C1(F)F. The summed E-state index contributed by atoms with van der Waals surface area (Å²) in [6.07, 6.45) is -3.14. The first-order valence-corrected chi connectivity index (χ1v) is 6.75. The van der Waals surface area contributed by atoms with Crippen molar-refractivity contribution in [3.63, 3.8) is 0 Å². The molecule has 2 fully saturated rings. The summed E-state index contributed by atoms with van der Waals surface area (Å²) in [5, 5.41) is 19.0. The highest BCUT2D eigenvalue weighted by atomic mass is 19.4. The van der Waals surface area contributed by atoms with Gasteiger partial charge in [0.15, 0.2) is 0 Å². The molecule has 2 N–H and O–H groups in total. The summed E-state index contributed by atoms with van der Waals surface area (Å²) in [6.45, 7) is -0.742. The van der Waals surface area contributed by atoms with Crippen LogP contribution in [-0.4, -0.2) is 40.8 Å². The number of alkyl halides is 5. The molecule has 8 heteroatoms. The van der Waals surface area contributed by atoms with Crippen molar-refractivity contribution in [3.05, 3.63) is 12.2 Å². The molecule has 1 saturated carbocycles. The topological polar surface area (TPSA) is 49.7 Å². The van der Waals surface area contributed by atoms with Gasteiger partial charge in [0.2, 0.25) is 0 Å². The van der Waals surface area contributed by atoms with Crippen LogP contribution in [0.2, 0.25) is 0 Å². The molecule has 6 atom stereocenters. The first-order valence-electron chi connectivity index (χ1n) is 6.75. The number of allylic oxidation sites excluding steroid dienone is 2. The molecular formula is C13H15F5O3. The highest BCUT2D eigenvalue weighted by Gasteiger charge is 2.76. The lowest BCUT2D eigenvalue weighted by atomic mass is 9.75. The average molecular weight is 314 g/mol. The highest BCUT2D eigenvalue weighted by molar-refractivity contribution is 5.13. The van der Waals surface area contributed by atoms with Crippen LogP contribution >= 0.6 is 0 Å². The Morgan fingerprint density at radius 3 is 2.24 bits per heavy atom. The molecule has 0 aromatic carbocycles. The van der Waals surface area contributed by atoms with E-state index < -0.39 is 36.5 Å². The van der Waals surface area contributed by atoms with Crippen LogP contribution in [0.3, 0.4) is 0 Å². The number of hydrogen-bond donors (Lipinski definition) is 2. The van der Waals surface area contributed by atoms with Crippen molar-refractivity contribution in [3.8, 4) is 0 Å². The molecule has 2 aliphatic carbocycles. The first-order chi connectivity index (χ1) is 9.58. The number of rotatable bonds is 1. The molecular weight excluding hydrogens is 299 g/mol. The van der Waals surface area contributed by atoms with Crippen LogP contribution in [0, 0.1) is 23.7 Å². The quantitative estimate of drug-likeness (QED) is 0.576. The second-order valence-electron chi connectivity index (χ2n) is 6.13. The van der Waals surface area contributed by atoms with Crippen LogP contribution in [-0.2, 0) is 4.74 Å². The van der Waals surface area contributed by atoms with E-state index >= 15 is 0 Å². The molecule has 1 heterocycles. The normalized spacial score (nSPS) is 48.8. The summed E-state index contributed by atoms with van der Waals surface area (Å²) in [7, 11) is 0. The van der Waals surface area contributed by atoms with Gasteiger partial charge in [-0.3, -0.25) is 0 Å². The predicted molar refractivity (Wildman–Crippen MR) is 60.2 cm³/mol. The fraction of sp³-hybridized carbons (Fsp3) is 0.846. The number of hydrogen-bond acceptors (Lipinski definition) is 3. The summed E-state index contributed by atoms with van der Waals surface area (Å²) >= 11 is 0. The zero-order chi connectivity index (χ0) is 15.6. The molecule has 0 aromatic heterocycles. The van der Waals surface area contributed by atoms with Crippen molar-refractivity contribution >= 4 is 0 Å². The second-order valence-corrected chi connectivity index (χ2v) is 6.13. The molecule has 21 heavy (non-hydrogen) atoms. The van der Waals surface area contributed by atoms with Crippen molar-refractivity contribution in [1.82, 2.24) is 0 Å². The lowest BCUT2D eigenvalue weighted by Gasteiger charge is -2.47. The Morgan fingerprint density at radius 1 is 1.10 bits per heavy atom. The smallest absolute Gasteiger partial charge is 0.386 e. The minimum atomic E-state index is -5.68. The van der Waals surface area contributed by atoms with Gasteiger partial charge in [0.05, 0.1) is 6.61 Å². The Balaban J connectivity index is 1.85. The average Bonchev–Trinajstić information content (AvgIpc) is 2.97. The Morgan fingerprint density at radius 2 is 1.76 bits per heavy atom. The van der Waals surface area contributed by atoms with E-state index in [-0.39, 0.29) is 17.8 Å². The van der Waals surface area contributed by atoms with Crippen LogP contribution in [0.1, 0.15) is 12.8 Å². The van der Waals surface area contributed by atoms with E-state index in [9.17, 15) is 32.2 Å². The molecule has 3 aliphatic rings. The Kier molecular flexibility index (Phi) is 3.17. The molecule has 0 aromatic rings. The van der Waals surface area contributed by atoms with Gasteiger partial charge in [0.1, 0.15) is 6.10 Å². The van der Waals surface area contributed by atoms with Gasteiger partial charge in [-0.15, -0.1) is 0 Å². The molecule has 3 rings (SSSR count). The van der Waals surface area contributed by atoms with Crippen molar-refractivity contribution in [2.24, 2.45) is 23.7 Å². The van der Waals surface area contributed by atoms with Crippen molar-refractivity contribution in [2.45, 2.75) is 36.8 Å². The fourth-order valence-electron chi connectivity index (χ4n) is 3.82. The third-order valence-corrected chi connectivity index (χ3v) is 4.98. The van der Waals surface area contributed by atoms with Gasteiger partial charge in [0, 0.05) is 5.92 Å². The minimum absolute atomic E-state index is 0.0221. The number of halogens is 5. The summed E-state index contributed by atoms with van der Waals surface area (Å²) < 4.78 is 70.0. The van der Waals surface area contributed by atoms with Crippen molar-refractivity contribution < 1.29 is 36.9 Å².